The van der Waals surface area contributed by atoms with Crippen LogP contribution in [0.15, 0.2) is 22.3 Å². The zero-order valence-electron chi connectivity index (χ0n) is 17.8. The van der Waals surface area contributed by atoms with Gasteiger partial charge in [0.15, 0.2) is 10.8 Å². The van der Waals surface area contributed by atoms with Gasteiger partial charge in [0.25, 0.3) is 11.8 Å². The number of carbonyl (C=O) groups excluding carboxylic acids is 2. The first-order chi connectivity index (χ1) is 15.4. The number of thiazole rings is 1. The molecule has 0 spiro atoms. The van der Waals surface area contributed by atoms with Crippen molar-refractivity contribution in [3.05, 3.63) is 22.8 Å². The third kappa shape index (κ3) is 5.80. The molecule has 10 nitrogen and oxygen atoms in total. The molecule has 4 N–H and O–H groups in total. The maximum atomic E-state index is 12.9. The van der Waals surface area contributed by atoms with Gasteiger partial charge < -0.3 is 25.9 Å². The molecule has 1 fully saturated rings. The van der Waals surface area contributed by atoms with Crippen molar-refractivity contribution >= 4 is 51.7 Å². The van der Waals surface area contributed by atoms with Crippen LogP contribution in [0, 0.1) is 0 Å². The fourth-order valence-electron chi connectivity index (χ4n) is 3.30. The summed E-state index contributed by atoms with van der Waals surface area (Å²) in [6.07, 6.45) is 7.92. The number of carbonyl (C=O) groups is 3. The Morgan fingerprint density at radius 1 is 1.34 bits per heavy atom. The number of aromatic nitrogens is 1. The standard InChI is InChI=1S/C20H27N5O5S2/c1-2-3-4-5-6-7-8-30-24-14(13-11-32-20(21)22-13)16(26)23-15-17(27)25-9-12(19(28)29)10-31-18(15)25/h9,11,15,18H,2-8,10H2,1H3,(H2,21,22)(H,23,26)(H,28,29)/t15?,18-/m1/s1. The summed E-state index contributed by atoms with van der Waals surface area (Å²) in [4.78, 5) is 47.3. The van der Waals surface area contributed by atoms with Gasteiger partial charge in [-0.2, -0.15) is 0 Å². The van der Waals surface area contributed by atoms with E-state index >= 15 is 0 Å². The van der Waals surface area contributed by atoms with Gasteiger partial charge in [-0.3, -0.25) is 9.59 Å². The third-order valence-electron chi connectivity index (χ3n) is 5.07. The highest BCUT2D eigenvalue weighted by Crippen LogP contribution is 2.36. The van der Waals surface area contributed by atoms with Gasteiger partial charge in [-0.15, -0.1) is 23.1 Å². The SMILES string of the molecule is CCCCCCCCON=C(C(=O)NC1C(=O)N2C=C(C(=O)O)CS[C@H]12)c1csc(N)n1. The average molecular weight is 482 g/mol. The quantitative estimate of drug-likeness (QED) is 0.178. The number of carboxylic acid groups (broad SMARTS) is 1. The summed E-state index contributed by atoms with van der Waals surface area (Å²) in [7, 11) is 0. The highest BCUT2D eigenvalue weighted by Gasteiger charge is 2.50. The Hall–Kier alpha value is -2.60. The highest BCUT2D eigenvalue weighted by molar-refractivity contribution is 8.00. The highest BCUT2D eigenvalue weighted by atomic mass is 32.2. The van der Waals surface area contributed by atoms with Gasteiger partial charge >= 0.3 is 5.97 Å². The largest absolute Gasteiger partial charge is 0.478 e. The minimum atomic E-state index is -1.06. The lowest BCUT2D eigenvalue weighted by molar-refractivity contribution is -0.144. The number of amides is 2. The maximum absolute atomic E-state index is 12.9. The number of aliphatic carboxylic acids is 1. The Morgan fingerprint density at radius 3 is 2.78 bits per heavy atom. The van der Waals surface area contributed by atoms with Crippen molar-refractivity contribution in [3.8, 4) is 0 Å². The molecule has 1 saturated heterocycles. The number of rotatable bonds is 12. The van der Waals surface area contributed by atoms with Crippen LogP contribution in [0.3, 0.4) is 0 Å². The van der Waals surface area contributed by atoms with E-state index in [1.807, 2.05) is 0 Å². The first kappa shape index (κ1) is 24.1. The van der Waals surface area contributed by atoms with Crippen LogP contribution in [0.1, 0.15) is 51.1 Å². The van der Waals surface area contributed by atoms with E-state index in [-0.39, 0.29) is 39.1 Å². The van der Waals surface area contributed by atoms with Crippen LogP contribution in [0.2, 0.25) is 0 Å². The van der Waals surface area contributed by atoms with Crippen molar-refractivity contribution in [2.24, 2.45) is 5.16 Å². The Balaban J connectivity index is 1.59. The Morgan fingerprint density at radius 2 is 2.09 bits per heavy atom. The van der Waals surface area contributed by atoms with E-state index in [2.05, 4.69) is 22.4 Å². The van der Waals surface area contributed by atoms with Gasteiger partial charge in [-0.1, -0.05) is 37.8 Å². The molecule has 174 valence electrons. The molecule has 0 bridgehead atoms. The summed E-state index contributed by atoms with van der Waals surface area (Å²) in [6, 6.07) is -0.779. The van der Waals surface area contributed by atoms with E-state index in [4.69, 9.17) is 15.7 Å². The van der Waals surface area contributed by atoms with Crippen LogP contribution in [-0.4, -0.2) is 62.3 Å². The molecule has 12 heteroatoms. The average Bonchev–Trinajstić information content (AvgIpc) is 3.21. The fraction of sp³-hybridized carbons (Fsp3) is 0.550. The molecule has 1 unspecified atom stereocenters. The van der Waals surface area contributed by atoms with Crippen LogP contribution in [-0.2, 0) is 19.2 Å². The minimum Gasteiger partial charge on any atom is -0.478 e. The van der Waals surface area contributed by atoms with Crippen molar-refractivity contribution in [2.45, 2.75) is 56.9 Å². The Kier molecular flexibility index (Phi) is 8.51. The zero-order valence-corrected chi connectivity index (χ0v) is 19.4. The number of thioether (sulfide) groups is 1. The van der Waals surface area contributed by atoms with Gasteiger partial charge in [0.1, 0.15) is 23.7 Å². The summed E-state index contributed by atoms with van der Waals surface area (Å²) in [5, 5.41) is 17.3. The number of nitrogens with zero attached hydrogens (tertiary/aromatic N) is 3. The summed E-state index contributed by atoms with van der Waals surface area (Å²) in [6.45, 7) is 2.54. The summed E-state index contributed by atoms with van der Waals surface area (Å²) in [5.74, 6) is -1.78. The zero-order chi connectivity index (χ0) is 23.1. The first-order valence-corrected chi connectivity index (χ1v) is 12.4. The number of nitrogen functional groups attached to an aromatic ring is 1. The normalized spacial score (nSPS) is 20.3. The number of anilines is 1. The van der Waals surface area contributed by atoms with Gasteiger partial charge in [-0.05, 0) is 12.8 Å². The van der Waals surface area contributed by atoms with Crippen LogP contribution in [0.25, 0.3) is 0 Å². The molecule has 2 aliphatic rings. The molecule has 3 heterocycles. The second kappa shape index (κ2) is 11.3. The van der Waals surface area contributed by atoms with Gasteiger partial charge in [0.05, 0.1) is 5.57 Å². The van der Waals surface area contributed by atoms with Crippen LogP contribution < -0.4 is 11.1 Å². The van der Waals surface area contributed by atoms with E-state index < -0.39 is 17.9 Å². The van der Waals surface area contributed by atoms with Gasteiger partial charge in [-0.25, -0.2) is 9.78 Å². The molecule has 1 aromatic rings. The fourth-order valence-corrected chi connectivity index (χ4v) is 5.10. The molecule has 1 aromatic heterocycles. The molecule has 3 rings (SSSR count). The first-order valence-electron chi connectivity index (χ1n) is 10.5. The number of nitrogens with one attached hydrogen (secondary N) is 1. The number of hydrogen-bond acceptors (Lipinski definition) is 9. The molecule has 2 aliphatic heterocycles. The predicted octanol–water partition coefficient (Wildman–Crippen LogP) is 2.17. The predicted molar refractivity (Wildman–Crippen MR) is 123 cm³/mol. The smallest absolute Gasteiger partial charge is 0.333 e. The number of unbranched alkanes of at least 4 members (excludes halogenated alkanes) is 5. The Labute approximate surface area is 194 Å². The number of β-lactam (4-membered cyclic amide) rings is 1. The van der Waals surface area contributed by atoms with Crippen molar-refractivity contribution in [2.75, 3.05) is 18.1 Å². The molecule has 2 amide bonds. The lowest BCUT2D eigenvalue weighted by atomic mass is 10.1. The van der Waals surface area contributed by atoms with E-state index in [1.165, 1.54) is 53.5 Å². The molecular weight excluding hydrogens is 454 g/mol. The van der Waals surface area contributed by atoms with E-state index in [1.54, 1.807) is 5.38 Å². The van der Waals surface area contributed by atoms with E-state index in [0.717, 1.165) is 19.3 Å². The van der Waals surface area contributed by atoms with Crippen molar-refractivity contribution in [1.29, 1.82) is 0 Å². The maximum Gasteiger partial charge on any atom is 0.333 e. The molecule has 32 heavy (non-hydrogen) atoms. The summed E-state index contributed by atoms with van der Waals surface area (Å²) >= 11 is 2.46. The number of carboxylic acids is 1. The number of fused-ring (bicyclic) bond motifs is 1. The summed E-state index contributed by atoms with van der Waals surface area (Å²) in [5.41, 5.74) is 6.08. The number of hydrogen-bond donors (Lipinski definition) is 3. The monoisotopic (exact) mass is 481 g/mol. The molecule has 0 aliphatic carbocycles. The van der Waals surface area contributed by atoms with E-state index in [0.29, 0.717) is 6.61 Å². The van der Waals surface area contributed by atoms with E-state index in [9.17, 15) is 14.4 Å². The molecule has 2 atom stereocenters. The number of nitrogens with two attached hydrogens (primary N) is 1. The van der Waals surface area contributed by atoms with Crippen molar-refractivity contribution < 1.29 is 24.3 Å². The molecule has 0 saturated carbocycles. The number of oxime groups is 1. The van der Waals surface area contributed by atoms with Crippen LogP contribution >= 0.6 is 23.1 Å². The lowest BCUT2D eigenvalue weighted by Crippen LogP contribution is -2.69. The second-order valence-corrected chi connectivity index (χ2v) is 9.46. The molecule has 0 radical (unpaired) electrons. The molecule has 0 aromatic carbocycles. The second-order valence-electron chi connectivity index (χ2n) is 7.47. The van der Waals surface area contributed by atoms with Crippen LogP contribution in [0.5, 0.6) is 0 Å². The molecular formula is C20H27N5O5S2. The lowest BCUT2D eigenvalue weighted by Gasteiger charge is -2.46. The Bertz CT molecular complexity index is 916. The van der Waals surface area contributed by atoms with Gasteiger partial charge in [0.2, 0.25) is 0 Å². The van der Waals surface area contributed by atoms with Crippen molar-refractivity contribution in [3.63, 3.8) is 0 Å². The topological polar surface area (TPSA) is 147 Å². The van der Waals surface area contributed by atoms with Crippen molar-refractivity contribution in [1.82, 2.24) is 15.2 Å². The minimum absolute atomic E-state index is 0.0437. The van der Waals surface area contributed by atoms with Gasteiger partial charge in [0, 0.05) is 17.3 Å². The summed E-state index contributed by atoms with van der Waals surface area (Å²) < 4.78 is 0. The van der Waals surface area contributed by atoms with Crippen LogP contribution in [0.4, 0.5) is 5.13 Å². The third-order valence-corrected chi connectivity index (χ3v) is 7.06.